The van der Waals surface area contributed by atoms with E-state index >= 15 is 0 Å². The third kappa shape index (κ3) is 6.37. The van der Waals surface area contributed by atoms with Crippen molar-refractivity contribution in [2.24, 2.45) is 0 Å². The summed E-state index contributed by atoms with van der Waals surface area (Å²) < 4.78 is 12.3. The van der Waals surface area contributed by atoms with Gasteiger partial charge >= 0.3 is 5.97 Å². The number of ether oxygens (including phenoxy) is 2. The normalized spacial score (nSPS) is 15.1. The minimum Gasteiger partial charge on any atom is -0.487 e. The predicted octanol–water partition coefficient (Wildman–Crippen LogP) is 6.43. The number of nitrogens with zero attached hydrogens (tertiary/aromatic N) is 1. The van der Waals surface area contributed by atoms with Crippen LogP contribution in [-0.4, -0.2) is 34.7 Å². The zero-order valence-corrected chi connectivity index (χ0v) is 21.8. The molecule has 168 valence electrons. The van der Waals surface area contributed by atoms with Crippen LogP contribution in [0.4, 0.5) is 4.79 Å². The summed E-state index contributed by atoms with van der Waals surface area (Å²) in [7, 11) is 0. The summed E-state index contributed by atoms with van der Waals surface area (Å²) in [6.45, 7) is 3.33. The lowest BCUT2D eigenvalue weighted by Gasteiger charge is -2.13. The molecular formula is C22H18Br2ClNO5S. The van der Waals surface area contributed by atoms with E-state index in [1.807, 2.05) is 12.1 Å². The molecule has 10 heteroatoms. The first-order chi connectivity index (χ1) is 15.1. The highest BCUT2D eigenvalue weighted by atomic mass is 79.9. The lowest BCUT2D eigenvalue weighted by molar-refractivity contribution is -0.149. The Kier molecular flexibility index (Phi) is 8.43. The van der Waals surface area contributed by atoms with E-state index in [4.69, 9.17) is 21.1 Å². The predicted molar refractivity (Wildman–Crippen MR) is 132 cm³/mol. The Labute approximate surface area is 211 Å². The Balaban J connectivity index is 1.73. The Bertz CT molecular complexity index is 1070. The van der Waals surface area contributed by atoms with Gasteiger partial charge in [-0.2, -0.15) is 0 Å². The molecule has 2 aromatic carbocycles. The molecule has 1 aliphatic heterocycles. The summed E-state index contributed by atoms with van der Waals surface area (Å²) >= 11 is 13.7. The summed E-state index contributed by atoms with van der Waals surface area (Å²) in [5.74, 6) is -0.561. The molecule has 2 amide bonds. The van der Waals surface area contributed by atoms with E-state index in [9.17, 15) is 14.4 Å². The zero-order chi connectivity index (χ0) is 23.4. The van der Waals surface area contributed by atoms with Crippen LogP contribution in [0.25, 0.3) is 6.08 Å². The highest BCUT2D eigenvalue weighted by Gasteiger charge is 2.36. The van der Waals surface area contributed by atoms with E-state index < -0.39 is 23.7 Å². The average molecular weight is 604 g/mol. The number of carbonyl (C=O) groups is 3. The van der Waals surface area contributed by atoms with E-state index in [1.54, 1.807) is 44.2 Å². The number of halogens is 3. The Morgan fingerprint density at radius 3 is 2.38 bits per heavy atom. The van der Waals surface area contributed by atoms with Crippen molar-refractivity contribution >= 4 is 78.4 Å². The number of thioether (sulfide) groups is 1. The Hall–Kier alpha value is -1.81. The highest BCUT2D eigenvalue weighted by molar-refractivity contribution is 9.11. The maximum Gasteiger partial charge on any atom is 0.326 e. The molecule has 0 unspecified atom stereocenters. The topological polar surface area (TPSA) is 72.9 Å². The van der Waals surface area contributed by atoms with Crippen LogP contribution in [0.1, 0.15) is 25.0 Å². The molecule has 1 fully saturated rings. The van der Waals surface area contributed by atoms with Crippen molar-refractivity contribution in [1.82, 2.24) is 4.90 Å². The smallest absolute Gasteiger partial charge is 0.326 e. The number of rotatable bonds is 7. The van der Waals surface area contributed by atoms with Crippen LogP contribution in [0.5, 0.6) is 5.75 Å². The van der Waals surface area contributed by atoms with Gasteiger partial charge in [-0.05, 0) is 98.9 Å². The highest BCUT2D eigenvalue weighted by Crippen LogP contribution is 2.38. The number of imide groups is 1. The van der Waals surface area contributed by atoms with Crippen molar-refractivity contribution in [3.8, 4) is 5.75 Å². The van der Waals surface area contributed by atoms with Crippen LogP contribution >= 0.6 is 55.2 Å². The number of hydrogen-bond acceptors (Lipinski definition) is 6. The molecule has 0 N–H and O–H groups in total. The van der Waals surface area contributed by atoms with Gasteiger partial charge in [-0.25, -0.2) is 0 Å². The van der Waals surface area contributed by atoms with Crippen molar-refractivity contribution in [3.05, 3.63) is 66.4 Å². The van der Waals surface area contributed by atoms with E-state index in [2.05, 4.69) is 31.9 Å². The van der Waals surface area contributed by atoms with Gasteiger partial charge < -0.3 is 9.47 Å². The van der Waals surface area contributed by atoms with Crippen molar-refractivity contribution < 1.29 is 23.9 Å². The fourth-order valence-electron chi connectivity index (χ4n) is 2.75. The minimum absolute atomic E-state index is 0.223. The standard InChI is InChI=1S/C22H18Br2ClNO5S/c1-12(2)31-19(27)10-26-21(28)18(32-22(26)29)9-14-7-16(23)20(17(24)8-14)30-11-13-3-5-15(25)6-4-13/h3-9,12H,10-11H2,1-2H3/b18-9-. The summed E-state index contributed by atoms with van der Waals surface area (Å²) in [6.07, 6.45) is 1.27. The summed E-state index contributed by atoms with van der Waals surface area (Å²) in [5.41, 5.74) is 1.64. The molecule has 3 rings (SSSR count). The maximum absolute atomic E-state index is 12.6. The zero-order valence-electron chi connectivity index (χ0n) is 17.1. The van der Waals surface area contributed by atoms with Crippen LogP contribution < -0.4 is 4.74 Å². The van der Waals surface area contributed by atoms with Gasteiger partial charge in [0.2, 0.25) is 0 Å². The first-order valence-electron chi connectivity index (χ1n) is 9.45. The summed E-state index contributed by atoms with van der Waals surface area (Å²) in [6, 6.07) is 10.9. The molecule has 0 spiro atoms. The van der Waals surface area contributed by atoms with Crippen LogP contribution in [0, 0.1) is 0 Å². The number of hydrogen-bond donors (Lipinski definition) is 0. The van der Waals surface area contributed by atoms with Crippen LogP contribution in [0.2, 0.25) is 5.02 Å². The molecule has 1 heterocycles. The molecule has 1 aliphatic rings. The molecular weight excluding hydrogens is 586 g/mol. The summed E-state index contributed by atoms with van der Waals surface area (Å²) in [5, 5.41) is 0.143. The molecule has 0 radical (unpaired) electrons. The minimum atomic E-state index is -0.628. The lowest BCUT2D eigenvalue weighted by Crippen LogP contribution is -2.35. The van der Waals surface area contributed by atoms with Gasteiger partial charge in [0.05, 0.1) is 20.0 Å². The molecule has 1 saturated heterocycles. The number of carbonyl (C=O) groups excluding carboxylic acids is 3. The third-order valence-electron chi connectivity index (χ3n) is 4.14. The number of benzene rings is 2. The Morgan fingerprint density at radius 2 is 1.78 bits per heavy atom. The van der Waals surface area contributed by atoms with Crippen LogP contribution in [0.15, 0.2) is 50.2 Å². The van der Waals surface area contributed by atoms with Crippen molar-refractivity contribution in [1.29, 1.82) is 0 Å². The van der Waals surface area contributed by atoms with E-state index in [-0.39, 0.29) is 11.0 Å². The average Bonchev–Trinajstić information content (AvgIpc) is 2.95. The SMILES string of the molecule is CC(C)OC(=O)CN1C(=O)S/C(=C\c2cc(Br)c(OCc3ccc(Cl)cc3)c(Br)c2)C1=O. The van der Waals surface area contributed by atoms with E-state index in [1.165, 1.54) is 0 Å². The second-order valence-corrected chi connectivity index (χ2v) is 10.2. The van der Waals surface area contributed by atoms with Gasteiger partial charge in [0, 0.05) is 5.02 Å². The molecule has 0 aromatic heterocycles. The fraction of sp³-hybridized carbons (Fsp3) is 0.227. The summed E-state index contributed by atoms with van der Waals surface area (Å²) in [4.78, 5) is 37.8. The first kappa shape index (κ1) is 24.8. The van der Waals surface area contributed by atoms with Crippen molar-refractivity contribution in [2.75, 3.05) is 6.54 Å². The number of amides is 2. The largest absolute Gasteiger partial charge is 0.487 e. The van der Waals surface area contributed by atoms with Gasteiger partial charge in [-0.15, -0.1) is 0 Å². The molecule has 0 atom stereocenters. The maximum atomic E-state index is 12.6. The monoisotopic (exact) mass is 601 g/mol. The van der Waals surface area contributed by atoms with E-state index in [0.29, 0.717) is 31.9 Å². The quantitative estimate of drug-likeness (QED) is 0.268. The molecule has 0 saturated carbocycles. The van der Waals surface area contributed by atoms with Crippen LogP contribution in [-0.2, 0) is 20.9 Å². The Morgan fingerprint density at radius 1 is 1.16 bits per heavy atom. The van der Waals surface area contributed by atoms with Crippen molar-refractivity contribution in [2.45, 2.75) is 26.6 Å². The second kappa shape index (κ2) is 10.9. The van der Waals surface area contributed by atoms with E-state index in [0.717, 1.165) is 22.2 Å². The van der Waals surface area contributed by atoms with Gasteiger partial charge in [-0.3, -0.25) is 19.3 Å². The first-order valence-corrected chi connectivity index (χ1v) is 12.2. The molecule has 2 aromatic rings. The molecule has 0 bridgehead atoms. The van der Waals surface area contributed by atoms with Crippen molar-refractivity contribution in [3.63, 3.8) is 0 Å². The van der Waals surface area contributed by atoms with Gasteiger partial charge in [0.1, 0.15) is 18.9 Å². The van der Waals surface area contributed by atoms with Gasteiger partial charge in [0.25, 0.3) is 11.1 Å². The molecule has 6 nitrogen and oxygen atoms in total. The molecule has 32 heavy (non-hydrogen) atoms. The lowest BCUT2D eigenvalue weighted by atomic mass is 10.2. The van der Waals surface area contributed by atoms with Gasteiger partial charge in [-0.1, -0.05) is 23.7 Å². The number of esters is 1. The fourth-order valence-corrected chi connectivity index (χ4v) is 5.17. The molecule has 0 aliphatic carbocycles. The second-order valence-electron chi connectivity index (χ2n) is 7.04. The third-order valence-corrected chi connectivity index (χ3v) is 6.48. The van der Waals surface area contributed by atoms with Gasteiger partial charge in [0.15, 0.2) is 0 Å². The van der Waals surface area contributed by atoms with Crippen LogP contribution in [0.3, 0.4) is 0 Å².